The maximum atomic E-state index is 12.3. The molecule has 0 aliphatic heterocycles. The van der Waals surface area contributed by atoms with Crippen molar-refractivity contribution in [1.82, 2.24) is 14.6 Å². The van der Waals surface area contributed by atoms with E-state index >= 15 is 0 Å². The zero-order valence-corrected chi connectivity index (χ0v) is 13.3. The average Bonchev–Trinajstić information content (AvgIpc) is 2.90. The first kappa shape index (κ1) is 17.5. The first-order chi connectivity index (χ1) is 12.2. The molecule has 0 saturated carbocycles. The van der Waals surface area contributed by atoms with Crippen LogP contribution in [0.2, 0.25) is 0 Å². The summed E-state index contributed by atoms with van der Waals surface area (Å²) in [6.07, 6.45) is -1.67. The van der Waals surface area contributed by atoms with Gasteiger partial charge in [0.1, 0.15) is 5.75 Å². The summed E-state index contributed by atoms with van der Waals surface area (Å²) in [5.41, 5.74) is 0.806. The predicted molar refractivity (Wildman–Crippen MR) is 82.7 cm³/mol. The molecule has 0 unspecified atom stereocenters. The third-order valence-electron chi connectivity index (χ3n) is 3.40. The normalized spacial score (nSPS) is 11.5. The van der Waals surface area contributed by atoms with Gasteiger partial charge in [0.15, 0.2) is 18.1 Å². The minimum atomic E-state index is -4.49. The van der Waals surface area contributed by atoms with E-state index < -0.39 is 18.8 Å². The number of rotatable bonds is 5. The number of aryl methyl sites for hydroxylation is 1. The Morgan fingerprint density at radius 3 is 2.81 bits per heavy atom. The number of hydrogen-bond acceptors (Lipinski definition) is 5. The number of halogens is 3. The number of alkyl halides is 3. The van der Waals surface area contributed by atoms with E-state index in [1.54, 1.807) is 6.92 Å². The Morgan fingerprint density at radius 2 is 2.12 bits per heavy atom. The lowest BCUT2D eigenvalue weighted by Crippen LogP contribution is -2.19. The summed E-state index contributed by atoms with van der Waals surface area (Å²) in [5.74, 6) is -1.23. The van der Waals surface area contributed by atoms with Crippen LogP contribution in [0.15, 0.2) is 36.7 Å². The molecule has 3 heterocycles. The standard InChI is InChI=1S/C16H12F3N3O4/c1-9-11-7-10(4-6-22(11)21-13(9)15(23)24)26-14-12(3-2-5-20-14)25-8-16(17,18)19/h2-7H,8H2,1H3,(H,23,24). The lowest BCUT2D eigenvalue weighted by Gasteiger charge is -2.12. The minimum absolute atomic E-state index is 0.103. The number of aromatic carboxylic acids is 1. The molecule has 10 heteroatoms. The average molecular weight is 367 g/mol. The lowest BCUT2D eigenvalue weighted by atomic mass is 10.2. The second-order valence-corrected chi connectivity index (χ2v) is 5.28. The van der Waals surface area contributed by atoms with Crippen LogP contribution < -0.4 is 9.47 Å². The van der Waals surface area contributed by atoms with Crippen molar-refractivity contribution in [2.24, 2.45) is 0 Å². The summed E-state index contributed by atoms with van der Waals surface area (Å²) in [5, 5.41) is 13.0. The molecule has 26 heavy (non-hydrogen) atoms. The van der Waals surface area contributed by atoms with Gasteiger partial charge in [-0.1, -0.05) is 0 Å². The molecule has 0 bridgehead atoms. The summed E-state index contributed by atoms with van der Waals surface area (Å²) in [6, 6.07) is 5.71. The molecular formula is C16H12F3N3O4. The molecule has 0 radical (unpaired) electrons. The summed E-state index contributed by atoms with van der Waals surface area (Å²) in [6.45, 7) is 0.117. The van der Waals surface area contributed by atoms with Gasteiger partial charge < -0.3 is 14.6 Å². The molecule has 0 amide bonds. The highest BCUT2D eigenvalue weighted by Gasteiger charge is 2.29. The summed E-state index contributed by atoms with van der Waals surface area (Å²) >= 11 is 0. The van der Waals surface area contributed by atoms with E-state index in [1.807, 2.05) is 0 Å². The van der Waals surface area contributed by atoms with Crippen LogP contribution in [0.25, 0.3) is 5.52 Å². The molecule has 0 spiro atoms. The van der Waals surface area contributed by atoms with E-state index in [-0.39, 0.29) is 23.1 Å². The Hall–Kier alpha value is -3.30. The molecule has 136 valence electrons. The Balaban J connectivity index is 1.89. The first-order valence-electron chi connectivity index (χ1n) is 7.29. The number of nitrogens with zero attached hydrogens (tertiary/aromatic N) is 3. The fourth-order valence-corrected chi connectivity index (χ4v) is 2.25. The molecular weight excluding hydrogens is 355 g/mol. The van der Waals surface area contributed by atoms with E-state index in [0.717, 1.165) is 0 Å². The van der Waals surface area contributed by atoms with Crippen LogP contribution in [0.5, 0.6) is 17.4 Å². The number of aromatic nitrogens is 3. The summed E-state index contributed by atoms with van der Waals surface area (Å²) in [7, 11) is 0. The van der Waals surface area contributed by atoms with Gasteiger partial charge in [0.05, 0.1) is 5.52 Å². The topological polar surface area (TPSA) is 86.0 Å². The Kier molecular flexibility index (Phi) is 4.41. The van der Waals surface area contributed by atoms with Gasteiger partial charge in [-0.15, -0.1) is 0 Å². The van der Waals surface area contributed by atoms with Crippen molar-refractivity contribution in [2.75, 3.05) is 6.61 Å². The number of hydrogen-bond donors (Lipinski definition) is 1. The van der Waals surface area contributed by atoms with Crippen molar-refractivity contribution in [3.63, 3.8) is 0 Å². The summed E-state index contributed by atoms with van der Waals surface area (Å²) < 4.78 is 48.6. The second kappa shape index (κ2) is 6.54. The van der Waals surface area contributed by atoms with E-state index in [1.165, 1.54) is 41.2 Å². The number of ether oxygens (including phenoxy) is 2. The van der Waals surface area contributed by atoms with Gasteiger partial charge in [0.2, 0.25) is 0 Å². The molecule has 0 aliphatic carbocycles. The van der Waals surface area contributed by atoms with Gasteiger partial charge in [-0.05, 0) is 25.1 Å². The molecule has 7 nitrogen and oxygen atoms in total. The molecule has 1 N–H and O–H groups in total. The SMILES string of the molecule is Cc1c(C(=O)O)nn2ccc(Oc3ncccc3OCC(F)(F)F)cc12. The molecule has 0 aliphatic rings. The van der Waals surface area contributed by atoms with Crippen molar-refractivity contribution in [3.8, 4) is 17.4 Å². The maximum absolute atomic E-state index is 12.3. The number of carbonyl (C=O) groups is 1. The van der Waals surface area contributed by atoms with Crippen LogP contribution in [0.3, 0.4) is 0 Å². The second-order valence-electron chi connectivity index (χ2n) is 5.28. The molecule has 3 rings (SSSR count). The van der Waals surface area contributed by atoms with Gasteiger partial charge in [-0.3, -0.25) is 0 Å². The highest BCUT2D eigenvalue weighted by Crippen LogP contribution is 2.31. The summed E-state index contributed by atoms with van der Waals surface area (Å²) in [4.78, 5) is 15.0. The van der Waals surface area contributed by atoms with Crippen molar-refractivity contribution >= 4 is 11.5 Å². The monoisotopic (exact) mass is 367 g/mol. The fraction of sp³-hybridized carbons (Fsp3) is 0.188. The van der Waals surface area contributed by atoms with Crippen molar-refractivity contribution in [3.05, 3.63) is 47.9 Å². The van der Waals surface area contributed by atoms with Gasteiger partial charge in [0.25, 0.3) is 5.88 Å². The Morgan fingerprint density at radius 1 is 1.35 bits per heavy atom. The molecule has 0 atom stereocenters. The van der Waals surface area contributed by atoms with Gasteiger partial charge in [0, 0.05) is 24.0 Å². The molecule has 3 aromatic heterocycles. The van der Waals surface area contributed by atoms with Crippen LogP contribution >= 0.6 is 0 Å². The minimum Gasteiger partial charge on any atom is -0.478 e. The smallest absolute Gasteiger partial charge is 0.422 e. The highest BCUT2D eigenvalue weighted by molar-refractivity contribution is 5.89. The molecule has 3 aromatic rings. The Labute approximate surface area is 144 Å². The molecule has 0 aromatic carbocycles. The van der Waals surface area contributed by atoms with Gasteiger partial charge in [-0.2, -0.15) is 18.3 Å². The Bertz CT molecular complexity index is 969. The molecule has 0 fully saturated rings. The van der Waals surface area contributed by atoms with Gasteiger partial charge in [-0.25, -0.2) is 14.3 Å². The van der Waals surface area contributed by atoms with E-state index in [4.69, 9.17) is 14.6 Å². The number of pyridine rings is 2. The number of fused-ring (bicyclic) bond motifs is 1. The maximum Gasteiger partial charge on any atom is 0.422 e. The van der Waals surface area contributed by atoms with Gasteiger partial charge >= 0.3 is 12.1 Å². The van der Waals surface area contributed by atoms with E-state index in [0.29, 0.717) is 11.1 Å². The van der Waals surface area contributed by atoms with E-state index in [2.05, 4.69) is 10.1 Å². The highest BCUT2D eigenvalue weighted by atomic mass is 19.4. The third kappa shape index (κ3) is 3.68. The number of carboxylic acid groups (broad SMARTS) is 1. The van der Waals surface area contributed by atoms with E-state index in [9.17, 15) is 18.0 Å². The lowest BCUT2D eigenvalue weighted by molar-refractivity contribution is -0.153. The first-order valence-corrected chi connectivity index (χ1v) is 7.29. The van der Waals surface area contributed by atoms with Crippen LogP contribution in [-0.4, -0.2) is 38.5 Å². The van der Waals surface area contributed by atoms with Crippen LogP contribution in [0.1, 0.15) is 16.1 Å². The van der Waals surface area contributed by atoms with Crippen molar-refractivity contribution in [1.29, 1.82) is 0 Å². The zero-order valence-electron chi connectivity index (χ0n) is 13.3. The largest absolute Gasteiger partial charge is 0.478 e. The quantitative estimate of drug-likeness (QED) is 0.743. The zero-order chi connectivity index (χ0) is 18.9. The third-order valence-corrected chi connectivity index (χ3v) is 3.40. The van der Waals surface area contributed by atoms with Crippen molar-refractivity contribution < 1.29 is 32.5 Å². The van der Waals surface area contributed by atoms with Crippen LogP contribution in [0.4, 0.5) is 13.2 Å². The van der Waals surface area contributed by atoms with Crippen LogP contribution in [0, 0.1) is 6.92 Å². The van der Waals surface area contributed by atoms with Crippen LogP contribution in [-0.2, 0) is 0 Å². The fourth-order valence-electron chi connectivity index (χ4n) is 2.25. The molecule has 0 saturated heterocycles. The number of carboxylic acids is 1. The van der Waals surface area contributed by atoms with Crippen molar-refractivity contribution in [2.45, 2.75) is 13.1 Å². The predicted octanol–water partition coefficient (Wildman–Crippen LogP) is 3.47.